The van der Waals surface area contributed by atoms with Crippen molar-refractivity contribution in [1.82, 2.24) is 13.9 Å². The monoisotopic (exact) mass is 457 g/mol. The molecule has 32 heavy (non-hydrogen) atoms. The lowest BCUT2D eigenvalue weighted by Gasteiger charge is -2.19. The fraction of sp³-hybridized carbons (Fsp3) is 0.364. The Kier molecular flexibility index (Phi) is 5.81. The summed E-state index contributed by atoms with van der Waals surface area (Å²) in [6.45, 7) is 7.22. The number of amides is 2. The quantitative estimate of drug-likeness (QED) is 0.526. The Morgan fingerprint density at radius 1 is 1.19 bits per heavy atom. The number of hydrogen-bond donors (Lipinski definition) is 2. The molecule has 0 saturated heterocycles. The Balaban J connectivity index is 1.62. The summed E-state index contributed by atoms with van der Waals surface area (Å²) >= 11 is 0.0302. The average Bonchev–Trinajstić information content (AvgIpc) is 3.49. The fourth-order valence-electron chi connectivity index (χ4n) is 3.30. The van der Waals surface area contributed by atoms with Gasteiger partial charge in [0.2, 0.25) is 5.91 Å². The number of carbonyl (C=O) groups excluding carboxylic acids is 2. The van der Waals surface area contributed by atoms with Crippen molar-refractivity contribution in [3.8, 4) is 11.1 Å². The van der Waals surface area contributed by atoms with Crippen molar-refractivity contribution < 1.29 is 18.2 Å². The molecule has 1 aliphatic carbocycles. The Morgan fingerprint density at radius 3 is 2.56 bits per heavy atom. The first-order valence-electron chi connectivity index (χ1n) is 10.2. The summed E-state index contributed by atoms with van der Waals surface area (Å²) < 4.78 is 20.2. The van der Waals surface area contributed by atoms with E-state index < -0.39 is 11.7 Å². The van der Waals surface area contributed by atoms with Crippen LogP contribution in [-0.2, 0) is 9.53 Å². The van der Waals surface area contributed by atoms with Gasteiger partial charge in [-0.1, -0.05) is 0 Å². The molecule has 168 valence electrons. The first-order valence-corrected chi connectivity index (χ1v) is 10.9. The van der Waals surface area contributed by atoms with E-state index in [4.69, 9.17) is 4.74 Å². The third-order valence-corrected chi connectivity index (χ3v) is 5.35. The number of ether oxygens (including phenoxy) is 1. The lowest BCUT2D eigenvalue weighted by Crippen LogP contribution is -2.27. The molecule has 0 bridgehead atoms. The zero-order valence-corrected chi connectivity index (χ0v) is 19.0. The highest BCUT2D eigenvalue weighted by molar-refractivity contribution is 7.92. The predicted octanol–water partition coefficient (Wildman–Crippen LogP) is 5.48. The number of aromatic nitrogens is 3. The van der Waals surface area contributed by atoms with Crippen molar-refractivity contribution in [2.75, 3.05) is 10.6 Å². The summed E-state index contributed by atoms with van der Waals surface area (Å²) in [5.74, 6) is 0.733. The SMILES string of the molecule is Cc1cc(NC(=O)OC(C)(C)C)ncc1-c1cn(SF)c2nc(NC(=O)C3CC3)ccc12. The van der Waals surface area contributed by atoms with Gasteiger partial charge in [0.15, 0.2) is 18.0 Å². The van der Waals surface area contributed by atoms with Gasteiger partial charge in [-0.05, 0) is 64.3 Å². The molecule has 3 aromatic heterocycles. The van der Waals surface area contributed by atoms with E-state index >= 15 is 0 Å². The molecule has 10 heteroatoms. The Hall–Kier alpha value is -3.14. The molecule has 8 nitrogen and oxygen atoms in total. The van der Waals surface area contributed by atoms with Crippen LogP contribution in [0.5, 0.6) is 0 Å². The summed E-state index contributed by atoms with van der Waals surface area (Å²) in [4.78, 5) is 32.8. The van der Waals surface area contributed by atoms with Gasteiger partial charge < -0.3 is 10.1 Å². The maximum Gasteiger partial charge on any atom is 0.413 e. The first kappa shape index (κ1) is 22.1. The molecule has 1 saturated carbocycles. The zero-order chi connectivity index (χ0) is 23.0. The number of hydrogen-bond acceptors (Lipinski definition) is 6. The number of nitrogens with one attached hydrogen (secondary N) is 2. The molecule has 1 aliphatic rings. The van der Waals surface area contributed by atoms with Gasteiger partial charge in [-0.3, -0.25) is 10.1 Å². The van der Waals surface area contributed by atoms with Crippen LogP contribution in [0.25, 0.3) is 22.2 Å². The van der Waals surface area contributed by atoms with Crippen LogP contribution in [0.15, 0.2) is 30.6 Å². The molecule has 0 unspecified atom stereocenters. The molecule has 0 atom stereocenters. The maximum atomic E-state index is 13.6. The molecular formula is C22H24FN5O3S. The highest BCUT2D eigenvalue weighted by Gasteiger charge is 2.30. The molecule has 3 aromatic rings. The summed E-state index contributed by atoms with van der Waals surface area (Å²) in [5.41, 5.74) is 2.13. The van der Waals surface area contributed by atoms with E-state index in [1.165, 1.54) is 3.97 Å². The van der Waals surface area contributed by atoms with E-state index in [0.717, 1.165) is 34.9 Å². The topological polar surface area (TPSA) is 98.1 Å². The second kappa shape index (κ2) is 8.42. The van der Waals surface area contributed by atoms with E-state index in [1.807, 2.05) is 6.92 Å². The highest BCUT2D eigenvalue weighted by atomic mass is 32.2. The maximum absolute atomic E-state index is 13.6. The number of aryl methyl sites for hydroxylation is 1. The number of halogens is 1. The molecular weight excluding hydrogens is 433 g/mol. The number of fused-ring (bicyclic) bond motifs is 1. The fourth-order valence-corrected chi connectivity index (χ4v) is 3.65. The van der Waals surface area contributed by atoms with Crippen LogP contribution in [0.1, 0.15) is 39.2 Å². The van der Waals surface area contributed by atoms with E-state index in [9.17, 15) is 13.5 Å². The lowest BCUT2D eigenvalue weighted by molar-refractivity contribution is -0.117. The Morgan fingerprint density at radius 2 is 1.94 bits per heavy atom. The van der Waals surface area contributed by atoms with Crippen LogP contribution in [0, 0.1) is 12.8 Å². The smallest absolute Gasteiger partial charge is 0.413 e. The van der Waals surface area contributed by atoms with Gasteiger partial charge in [0.1, 0.15) is 17.2 Å². The van der Waals surface area contributed by atoms with Crippen LogP contribution in [-0.4, -0.2) is 31.5 Å². The third kappa shape index (κ3) is 4.85. The van der Waals surface area contributed by atoms with Crippen molar-refractivity contribution in [2.24, 2.45) is 5.92 Å². The van der Waals surface area contributed by atoms with Gasteiger partial charge in [-0.15, -0.1) is 3.89 Å². The molecule has 1 fully saturated rings. The minimum Gasteiger partial charge on any atom is -0.444 e. The molecule has 4 rings (SSSR count). The molecule has 0 spiro atoms. The second-order valence-corrected chi connectivity index (χ2v) is 9.31. The van der Waals surface area contributed by atoms with E-state index in [2.05, 4.69) is 20.6 Å². The number of rotatable bonds is 5. The van der Waals surface area contributed by atoms with Crippen LogP contribution >= 0.6 is 12.3 Å². The standard InChI is InChI=1S/C22H24FN5O3S/c1-12-9-18(27-21(30)31-22(2,3)4)24-10-15(12)16-11-28(32-23)19-14(16)7-8-17(25-19)26-20(29)13-5-6-13/h7-11,13H,5-6H2,1-4H3,(H,24,27,30)(H,25,26,29). The van der Waals surface area contributed by atoms with Crippen molar-refractivity contribution in [1.29, 1.82) is 0 Å². The van der Waals surface area contributed by atoms with E-state index in [-0.39, 0.29) is 24.2 Å². The lowest BCUT2D eigenvalue weighted by atomic mass is 10.0. The highest BCUT2D eigenvalue weighted by Crippen LogP contribution is 2.35. The van der Waals surface area contributed by atoms with Crippen molar-refractivity contribution in [3.63, 3.8) is 0 Å². The predicted molar refractivity (Wildman–Crippen MR) is 123 cm³/mol. The van der Waals surface area contributed by atoms with Crippen molar-refractivity contribution >= 4 is 47.0 Å². The minimum absolute atomic E-state index is 0.0302. The summed E-state index contributed by atoms with van der Waals surface area (Å²) in [6.07, 6.45) is 4.44. The normalized spacial score (nSPS) is 13.8. The van der Waals surface area contributed by atoms with Gasteiger partial charge in [0.25, 0.3) is 0 Å². The molecule has 3 heterocycles. The number of carbonyl (C=O) groups is 2. The minimum atomic E-state index is -0.616. The van der Waals surface area contributed by atoms with E-state index in [0.29, 0.717) is 17.3 Å². The Bertz CT molecular complexity index is 1200. The first-order chi connectivity index (χ1) is 15.1. The zero-order valence-electron chi connectivity index (χ0n) is 18.2. The van der Waals surface area contributed by atoms with Crippen molar-refractivity contribution in [3.05, 3.63) is 36.2 Å². The molecule has 0 aliphatic heterocycles. The van der Waals surface area contributed by atoms with Crippen LogP contribution in [0.3, 0.4) is 0 Å². The van der Waals surface area contributed by atoms with Crippen LogP contribution in [0.4, 0.5) is 20.3 Å². The Labute approximate surface area is 189 Å². The number of pyridine rings is 2. The van der Waals surface area contributed by atoms with Gasteiger partial charge in [-0.25, -0.2) is 18.7 Å². The summed E-state index contributed by atoms with van der Waals surface area (Å²) in [7, 11) is 0. The molecule has 2 amide bonds. The van der Waals surface area contributed by atoms with Gasteiger partial charge in [-0.2, -0.15) is 0 Å². The number of anilines is 2. The third-order valence-electron chi connectivity index (χ3n) is 4.92. The largest absolute Gasteiger partial charge is 0.444 e. The van der Waals surface area contributed by atoms with Crippen LogP contribution < -0.4 is 10.6 Å². The molecule has 0 aromatic carbocycles. The average molecular weight is 458 g/mol. The van der Waals surface area contributed by atoms with Crippen molar-refractivity contribution in [2.45, 2.75) is 46.1 Å². The summed E-state index contributed by atoms with van der Waals surface area (Å²) in [6, 6.07) is 5.24. The molecule has 2 N–H and O–H groups in total. The van der Waals surface area contributed by atoms with Crippen LogP contribution in [0.2, 0.25) is 0 Å². The second-order valence-electron chi connectivity index (χ2n) is 8.78. The molecule has 0 radical (unpaired) electrons. The van der Waals surface area contributed by atoms with Gasteiger partial charge >= 0.3 is 6.09 Å². The number of nitrogens with zero attached hydrogens (tertiary/aromatic N) is 3. The van der Waals surface area contributed by atoms with Gasteiger partial charge in [0, 0.05) is 34.8 Å². The van der Waals surface area contributed by atoms with E-state index in [1.54, 1.807) is 51.4 Å². The van der Waals surface area contributed by atoms with Gasteiger partial charge in [0.05, 0.1) is 0 Å². The summed E-state index contributed by atoms with van der Waals surface area (Å²) in [5, 5.41) is 6.13.